The number of alkyl halides is 3. The third-order valence-corrected chi connectivity index (χ3v) is 4.00. The zero-order chi connectivity index (χ0) is 17.7. The van der Waals surface area contributed by atoms with Crippen LogP contribution in [0.25, 0.3) is 0 Å². The van der Waals surface area contributed by atoms with Gasteiger partial charge >= 0.3 is 6.18 Å². The van der Waals surface area contributed by atoms with E-state index in [4.69, 9.17) is 23.1 Å². The zero-order valence-corrected chi connectivity index (χ0v) is 15.0. The molecule has 0 spiro atoms. The monoisotopic (exact) mass is 397 g/mol. The maximum atomic E-state index is 12.8. The molecule has 0 aromatic heterocycles. The van der Waals surface area contributed by atoms with Crippen LogP contribution in [0.15, 0.2) is 28.2 Å². The molecule has 0 aliphatic carbocycles. The van der Waals surface area contributed by atoms with Gasteiger partial charge in [-0.25, -0.2) is 4.99 Å². The predicted octanol–water partition coefficient (Wildman–Crippen LogP) is 3.40. The number of nitrogens with two attached hydrogens (primary N) is 2. The van der Waals surface area contributed by atoms with Crippen LogP contribution in [0.1, 0.15) is 30.4 Å². The number of nitrogens with zero attached hydrogens (tertiary/aromatic N) is 3. The molecule has 10 heteroatoms. The molecule has 1 aromatic rings. The SMILES string of the molecule is Cl.NC(=NCc1ccc(Cl)c(C(F)(F)F)c1)N=C(N)N1CCCCC1. The summed E-state index contributed by atoms with van der Waals surface area (Å²) in [6, 6.07) is 3.61. The average molecular weight is 398 g/mol. The van der Waals surface area contributed by atoms with E-state index < -0.39 is 11.7 Å². The van der Waals surface area contributed by atoms with Crippen molar-refractivity contribution in [1.29, 1.82) is 0 Å². The summed E-state index contributed by atoms with van der Waals surface area (Å²) in [4.78, 5) is 9.89. The molecule has 0 saturated carbocycles. The first kappa shape index (κ1) is 21.4. The number of rotatable bonds is 2. The number of hydrogen-bond donors (Lipinski definition) is 2. The summed E-state index contributed by atoms with van der Waals surface area (Å²) in [6.45, 7) is 1.59. The Morgan fingerprint density at radius 1 is 1.16 bits per heavy atom. The first-order chi connectivity index (χ1) is 11.3. The van der Waals surface area contributed by atoms with E-state index in [0.29, 0.717) is 5.56 Å². The van der Waals surface area contributed by atoms with Gasteiger partial charge in [0.05, 0.1) is 17.1 Å². The molecule has 0 amide bonds. The fourth-order valence-corrected chi connectivity index (χ4v) is 2.63. The lowest BCUT2D eigenvalue weighted by Gasteiger charge is -2.27. The highest BCUT2D eigenvalue weighted by Gasteiger charge is 2.33. The highest BCUT2D eigenvalue weighted by Crippen LogP contribution is 2.35. The van der Waals surface area contributed by atoms with Gasteiger partial charge in [0.15, 0.2) is 5.96 Å². The van der Waals surface area contributed by atoms with E-state index in [1.807, 2.05) is 4.90 Å². The molecule has 140 valence electrons. The Bertz CT molecular complexity index is 641. The van der Waals surface area contributed by atoms with Gasteiger partial charge in [-0.15, -0.1) is 12.4 Å². The van der Waals surface area contributed by atoms with Gasteiger partial charge in [0, 0.05) is 13.1 Å². The van der Waals surface area contributed by atoms with E-state index in [1.165, 1.54) is 12.1 Å². The van der Waals surface area contributed by atoms with Gasteiger partial charge in [-0.3, -0.25) is 0 Å². The second-order valence-corrected chi connectivity index (χ2v) is 5.91. The van der Waals surface area contributed by atoms with E-state index in [2.05, 4.69) is 9.98 Å². The summed E-state index contributed by atoms with van der Waals surface area (Å²) in [5.41, 5.74) is 11.0. The van der Waals surface area contributed by atoms with E-state index in [1.54, 1.807) is 0 Å². The van der Waals surface area contributed by atoms with Crippen molar-refractivity contribution in [2.24, 2.45) is 21.5 Å². The molecule has 0 atom stereocenters. The summed E-state index contributed by atoms with van der Waals surface area (Å²) in [6.07, 6.45) is -1.28. The highest BCUT2D eigenvalue weighted by atomic mass is 35.5. The van der Waals surface area contributed by atoms with Gasteiger partial charge < -0.3 is 16.4 Å². The van der Waals surface area contributed by atoms with E-state index >= 15 is 0 Å². The van der Waals surface area contributed by atoms with E-state index in [0.717, 1.165) is 38.4 Å². The van der Waals surface area contributed by atoms with Gasteiger partial charge in [0.1, 0.15) is 0 Å². The molecule has 1 heterocycles. The third kappa shape index (κ3) is 6.28. The maximum absolute atomic E-state index is 12.8. The molecule has 0 bridgehead atoms. The fourth-order valence-electron chi connectivity index (χ4n) is 2.41. The topological polar surface area (TPSA) is 80.0 Å². The molecular weight excluding hydrogens is 378 g/mol. The van der Waals surface area contributed by atoms with Crippen LogP contribution in [0.3, 0.4) is 0 Å². The van der Waals surface area contributed by atoms with Gasteiger partial charge in [0.2, 0.25) is 5.96 Å². The lowest BCUT2D eigenvalue weighted by atomic mass is 10.1. The number of piperidine rings is 1. The van der Waals surface area contributed by atoms with Crippen molar-refractivity contribution >= 4 is 35.9 Å². The van der Waals surface area contributed by atoms with Crippen LogP contribution >= 0.6 is 24.0 Å². The van der Waals surface area contributed by atoms with E-state index in [-0.39, 0.29) is 35.9 Å². The van der Waals surface area contributed by atoms with Crippen molar-refractivity contribution in [3.8, 4) is 0 Å². The molecule has 1 aliphatic rings. The standard InChI is InChI=1S/C15H19ClF3N5.ClH/c16-12-5-4-10(8-11(12)15(17,18)19)9-22-13(20)23-14(21)24-6-2-1-3-7-24;/h4-5,8H,1-3,6-7,9H2,(H4,20,21,22,23);1H. The van der Waals surface area contributed by atoms with Crippen molar-refractivity contribution < 1.29 is 13.2 Å². The van der Waals surface area contributed by atoms with Crippen LogP contribution in [0.4, 0.5) is 13.2 Å². The highest BCUT2D eigenvalue weighted by molar-refractivity contribution is 6.31. The Balaban J connectivity index is 0.00000312. The van der Waals surface area contributed by atoms with Crippen molar-refractivity contribution in [2.45, 2.75) is 32.0 Å². The molecule has 1 aliphatic heterocycles. The molecular formula is C15H20Cl2F3N5. The Morgan fingerprint density at radius 3 is 2.40 bits per heavy atom. The van der Waals surface area contributed by atoms with Crippen LogP contribution < -0.4 is 11.5 Å². The summed E-state index contributed by atoms with van der Waals surface area (Å²) >= 11 is 5.57. The van der Waals surface area contributed by atoms with E-state index in [9.17, 15) is 13.2 Å². The van der Waals surface area contributed by atoms with Crippen LogP contribution in [0.2, 0.25) is 5.02 Å². The minimum absolute atomic E-state index is 0. The third-order valence-electron chi connectivity index (χ3n) is 3.67. The lowest BCUT2D eigenvalue weighted by molar-refractivity contribution is -0.137. The number of likely N-dealkylation sites (tertiary alicyclic amines) is 1. The molecule has 25 heavy (non-hydrogen) atoms. The van der Waals surface area contributed by atoms with Crippen LogP contribution in [-0.2, 0) is 12.7 Å². The number of aliphatic imine (C=N–C) groups is 2. The first-order valence-corrected chi connectivity index (χ1v) is 7.90. The summed E-state index contributed by atoms with van der Waals surface area (Å²) < 4.78 is 38.4. The smallest absolute Gasteiger partial charge is 0.369 e. The fraction of sp³-hybridized carbons (Fsp3) is 0.467. The maximum Gasteiger partial charge on any atom is 0.417 e. The Hall–Kier alpha value is -1.67. The molecule has 1 aromatic carbocycles. The first-order valence-electron chi connectivity index (χ1n) is 7.52. The van der Waals surface area contributed by atoms with Gasteiger partial charge in [0.25, 0.3) is 0 Å². The number of benzene rings is 1. The van der Waals surface area contributed by atoms with Crippen LogP contribution in [-0.4, -0.2) is 29.9 Å². The molecule has 1 saturated heterocycles. The largest absolute Gasteiger partial charge is 0.417 e. The summed E-state index contributed by atoms with van der Waals surface area (Å²) in [7, 11) is 0. The van der Waals surface area contributed by atoms with Crippen molar-refractivity contribution in [1.82, 2.24) is 4.90 Å². The Kier molecular flexibility index (Phi) is 7.82. The second kappa shape index (κ2) is 9.15. The minimum Gasteiger partial charge on any atom is -0.369 e. The quantitative estimate of drug-likeness (QED) is 0.592. The predicted molar refractivity (Wildman–Crippen MR) is 96.1 cm³/mol. The molecule has 2 rings (SSSR count). The minimum atomic E-state index is -4.51. The van der Waals surface area contributed by atoms with Crippen molar-refractivity contribution in [3.63, 3.8) is 0 Å². The zero-order valence-electron chi connectivity index (χ0n) is 13.4. The summed E-state index contributed by atoms with van der Waals surface area (Å²) in [5.74, 6) is 0.213. The Labute approximate surface area is 155 Å². The number of hydrogen-bond acceptors (Lipinski definition) is 1. The normalized spacial score (nSPS) is 16.6. The van der Waals surface area contributed by atoms with Crippen molar-refractivity contribution in [3.05, 3.63) is 34.3 Å². The number of halogens is 5. The molecule has 4 N–H and O–H groups in total. The molecule has 0 unspecified atom stereocenters. The lowest BCUT2D eigenvalue weighted by Crippen LogP contribution is -2.41. The van der Waals surface area contributed by atoms with Gasteiger partial charge in [-0.2, -0.15) is 18.2 Å². The summed E-state index contributed by atoms with van der Waals surface area (Å²) in [5, 5.41) is -0.351. The average Bonchev–Trinajstić information content (AvgIpc) is 2.53. The van der Waals surface area contributed by atoms with Crippen LogP contribution in [0.5, 0.6) is 0 Å². The van der Waals surface area contributed by atoms with Crippen molar-refractivity contribution in [2.75, 3.05) is 13.1 Å². The number of guanidine groups is 2. The second-order valence-electron chi connectivity index (χ2n) is 5.50. The molecule has 1 fully saturated rings. The van der Waals surface area contributed by atoms with Crippen LogP contribution in [0, 0.1) is 0 Å². The Morgan fingerprint density at radius 2 is 1.80 bits per heavy atom. The van der Waals surface area contributed by atoms with Gasteiger partial charge in [-0.1, -0.05) is 17.7 Å². The van der Waals surface area contributed by atoms with Gasteiger partial charge in [-0.05, 0) is 37.0 Å². The molecule has 5 nitrogen and oxygen atoms in total. The molecule has 0 radical (unpaired) electrons.